The summed E-state index contributed by atoms with van der Waals surface area (Å²) >= 11 is 0. The van der Waals surface area contributed by atoms with Crippen molar-refractivity contribution in [3.63, 3.8) is 0 Å². The van der Waals surface area contributed by atoms with Crippen LogP contribution in [0.2, 0.25) is 0 Å². The van der Waals surface area contributed by atoms with Gasteiger partial charge in [-0.15, -0.1) is 0 Å². The van der Waals surface area contributed by atoms with Crippen LogP contribution in [-0.4, -0.2) is 55.1 Å². The van der Waals surface area contributed by atoms with Crippen LogP contribution in [0.1, 0.15) is 24.8 Å². The molecule has 1 saturated heterocycles. The van der Waals surface area contributed by atoms with Gasteiger partial charge in [0.2, 0.25) is 0 Å². The van der Waals surface area contributed by atoms with Crippen molar-refractivity contribution in [3.8, 4) is 0 Å². The second-order valence-corrected chi connectivity index (χ2v) is 6.08. The summed E-state index contributed by atoms with van der Waals surface area (Å²) in [5.41, 5.74) is 1.29. The molecule has 116 valence electrons. The molecule has 0 bridgehead atoms. The Kier molecular flexibility index (Phi) is 4.54. The molecule has 1 aromatic heterocycles. The molecular weight excluding hydrogens is 266 g/mol. The first-order chi connectivity index (χ1) is 10.2. The second-order valence-electron chi connectivity index (χ2n) is 6.08. The molecule has 1 N–H and O–H groups in total. The molecule has 0 radical (unpaired) electrons. The minimum atomic E-state index is -0.343. The van der Waals surface area contributed by atoms with Crippen LogP contribution in [0.4, 0.5) is 0 Å². The first-order valence-electron chi connectivity index (χ1n) is 7.77. The van der Waals surface area contributed by atoms with Crippen LogP contribution in [-0.2, 0) is 16.0 Å². The molecule has 1 aliphatic heterocycles. The maximum atomic E-state index is 5.92. The van der Waals surface area contributed by atoms with E-state index < -0.39 is 0 Å². The van der Waals surface area contributed by atoms with Gasteiger partial charge in [0.1, 0.15) is 0 Å². The Labute approximate surface area is 126 Å². The fourth-order valence-corrected chi connectivity index (χ4v) is 3.58. The first-order valence-corrected chi connectivity index (χ1v) is 7.77. The molecule has 5 nitrogen and oxygen atoms in total. The molecule has 2 aliphatic rings. The van der Waals surface area contributed by atoms with Gasteiger partial charge in [0.15, 0.2) is 5.79 Å². The van der Waals surface area contributed by atoms with E-state index >= 15 is 0 Å². The summed E-state index contributed by atoms with van der Waals surface area (Å²) in [6.07, 6.45) is 6.70. The zero-order valence-corrected chi connectivity index (χ0v) is 12.9. The van der Waals surface area contributed by atoms with E-state index in [2.05, 4.69) is 34.4 Å². The molecule has 3 rings (SSSR count). The van der Waals surface area contributed by atoms with Gasteiger partial charge in [-0.1, -0.05) is 0 Å². The lowest BCUT2D eigenvalue weighted by Gasteiger charge is -2.44. The van der Waals surface area contributed by atoms with Crippen molar-refractivity contribution in [2.75, 3.05) is 27.3 Å². The standard InChI is InChI=1S/C16H25N3O2/c1-17-14-3-6-16(20-9-10-21-16)11-15(14)19(2)12-13-4-7-18-8-5-13/h4-5,7-8,14-15,17H,3,6,9-12H2,1-2H3. The van der Waals surface area contributed by atoms with Crippen LogP contribution >= 0.6 is 0 Å². The third-order valence-corrected chi connectivity index (χ3v) is 4.75. The number of hydrogen-bond donors (Lipinski definition) is 1. The van der Waals surface area contributed by atoms with E-state index in [9.17, 15) is 0 Å². The first kappa shape index (κ1) is 14.9. The summed E-state index contributed by atoms with van der Waals surface area (Å²) in [6.45, 7) is 2.37. The fraction of sp³-hybridized carbons (Fsp3) is 0.688. The molecule has 0 aromatic carbocycles. The average molecular weight is 291 g/mol. The van der Waals surface area contributed by atoms with E-state index in [1.807, 2.05) is 19.4 Å². The maximum Gasteiger partial charge on any atom is 0.170 e. The topological polar surface area (TPSA) is 46.6 Å². The molecule has 2 heterocycles. The van der Waals surface area contributed by atoms with E-state index in [0.717, 1.165) is 39.0 Å². The number of likely N-dealkylation sites (N-methyl/N-ethyl adjacent to an activating group) is 2. The molecular formula is C16H25N3O2. The maximum absolute atomic E-state index is 5.92. The van der Waals surface area contributed by atoms with Crippen LogP contribution in [0.15, 0.2) is 24.5 Å². The van der Waals surface area contributed by atoms with Gasteiger partial charge < -0.3 is 14.8 Å². The highest BCUT2D eigenvalue weighted by molar-refractivity contribution is 5.10. The minimum Gasteiger partial charge on any atom is -0.347 e. The zero-order chi connectivity index (χ0) is 14.7. The summed E-state index contributed by atoms with van der Waals surface area (Å²) in [6, 6.07) is 5.04. The van der Waals surface area contributed by atoms with Crippen molar-refractivity contribution in [1.82, 2.24) is 15.2 Å². The highest BCUT2D eigenvalue weighted by Crippen LogP contribution is 2.37. The Morgan fingerprint density at radius 2 is 2.05 bits per heavy atom. The Morgan fingerprint density at radius 3 is 2.71 bits per heavy atom. The van der Waals surface area contributed by atoms with E-state index in [-0.39, 0.29) is 5.79 Å². The zero-order valence-electron chi connectivity index (χ0n) is 12.9. The van der Waals surface area contributed by atoms with E-state index in [0.29, 0.717) is 12.1 Å². The second kappa shape index (κ2) is 6.40. The molecule has 2 atom stereocenters. The predicted octanol–water partition coefficient (Wildman–Crippen LogP) is 1.40. The number of aromatic nitrogens is 1. The Bertz CT molecular complexity index is 448. The van der Waals surface area contributed by atoms with Crippen LogP contribution in [0.3, 0.4) is 0 Å². The summed E-state index contributed by atoms with van der Waals surface area (Å²) < 4.78 is 11.8. The smallest absolute Gasteiger partial charge is 0.170 e. The van der Waals surface area contributed by atoms with E-state index in [4.69, 9.17) is 9.47 Å². The number of nitrogens with one attached hydrogen (secondary N) is 1. The fourth-order valence-electron chi connectivity index (χ4n) is 3.58. The van der Waals surface area contributed by atoms with Gasteiger partial charge in [-0.25, -0.2) is 0 Å². The molecule has 0 amide bonds. The van der Waals surface area contributed by atoms with Crippen molar-refractivity contribution in [2.45, 2.75) is 43.7 Å². The van der Waals surface area contributed by atoms with Crippen molar-refractivity contribution >= 4 is 0 Å². The summed E-state index contributed by atoms with van der Waals surface area (Å²) in [4.78, 5) is 6.49. The van der Waals surface area contributed by atoms with Gasteiger partial charge in [0.25, 0.3) is 0 Å². The quantitative estimate of drug-likeness (QED) is 0.908. The Balaban J connectivity index is 1.70. The summed E-state index contributed by atoms with van der Waals surface area (Å²) in [5.74, 6) is -0.343. The molecule has 5 heteroatoms. The van der Waals surface area contributed by atoms with Gasteiger partial charge in [-0.2, -0.15) is 0 Å². The molecule has 21 heavy (non-hydrogen) atoms. The minimum absolute atomic E-state index is 0.343. The van der Waals surface area contributed by atoms with Gasteiger partial charge in [-0.05, 0) is 38.2 Å². The van der Waals surface area contributed by atoms with Crippen LogP contribution in [0.25, 0.3) is 0 Å². The van der Waals surface area contributed by atoms with Crippen LogP contribution < -0.4 is 5.32 Å². The third kappa shape index (κ3) is 3.26. The third-order valence-electron chi connectivity index (χ3n) is 4.75. The van der Waals surface area contributed by atoms with E-state index in [1.165, 1.54) is 5.56 Å². The van der Waals surface area contributed by atoms with Gasteiger partial charge in [-0.3, -0.25) is 9.88 Å². The highest BCUT2D eigenvalue weighted by Gasteiger charge is 2.45. The summed E-state index contributed by atoms with van der Waals surface area (Å²) in [7, 11) is 4.23. The lowest BCUT2D eigenvalue weighted by Crippen LogP contribution is -2.56. The van der Waals surface area contributed by atoms with Crippen molar-refractivity contribution in [3.05, 3.63) is 30.1 Å². The lowest BCUT2D eigenvalue weighted by atomic mass is 9.84. The lowest BCUT2D eigenvalue weighted by molar-refractivity contribution is -0.192. The van der Waals surface area contributed by atoms with Crippen molar-refractivity contribution < 1.29 is 9.47 Å². The predicted molar refractivity (Wildman–Crippen MR) is 80.8 cm³/mol. The molecule has 1 spiro atoms. The molecule has 1 aliphatic carbocycles. The van der Waals surface area contributed by atoms with Gasteiger partial charge >= 0.3 is 0 Å². The van der Waals surface area contributed by atoms with Crippen molar-refractivity contribution in [1.29, 1.82) is 0 Å². The van der Waals surface area contributed by atoms with Crippen LogP contribution in [0.5, 0.6) is 0 Å². The molecule has 1 aromatic rings. The van der Waals surface area contributed by atoms with Gasteiger partial charge in [0.05, 0.1) is 13.2 Å². The number of nitrogens with zero attached hydrogens (tertiary/aromatic N) is 2. The number of rotatable bonds is 4. The normalized spacial score (nSPS) is 28.3. The molecule has 2 fully saturated rings. The summed E-state index contributed by atoms with van der Waals surface area (Å²) in [5, 5.41) is 3.46. The number of ether oxygens (including phenoxy) is 2. The largest absolute Gasteiger partial charge is 0.347 e. The SMILES string of the molecule is CNC1CCC2(CC1N(C)Cc1ccncc1)OCCO2. The highest BCUT2D eigenvalue weighted by atomic mass is 16.7. The van der Waals surface area contributed by atoms with Gasteiger partial charge in [0, 0.05) is 43.9 Å². The Morgan fingerprint density at radius 1 is 1.33 bits per heavy atom. The average Bonchev–Trinajstić information content (AvgIpc) is 2.96. The molecule has 1 saturated carbocycles. The molecule has 2 unspecified atom stereocenters. The Hall–Kier alpha value is -1.01. The monoisotopic (exact) mass is 291 g/mol. The van der Waals surface area contributed by atoms with Crippen LogP contribution in [0, 0.1) is 0 Å². The van der Waals surface area contributed by atoms with Crippen molar-refractivity contribution in [2.24, 2.45) is 0 Å². The number of hydrogen-bond acceptors (Lipinski definition) is 5. The number of pyridine rings is 1. The van der Waals surface area contributed by atoms with E-state index in [1.54, 1.807) is 0 Å².